The van der Waals surface area contributed by atoms with Gasteiger partial charge in [0.2, 0.25) is 0 Å². The zero-order valence-electron chi connectivity index (χ0n) is 14.7. The minimum Gasteiger partial charge on any atom is -0.466 e. The summed E-state index contributed by atoms with van der Waals surface area (Å²) in [5.41, 5.74) is 1.11. The average molecular weight is 335 g/mol. The van der Waals surface area contributed by atoms with Gasteiger partial charge in [-0.2, -0.15) is 0 Å². The number of carbonyl (C=O) groups is 1. The van der Waals surface area contributed by atoms with Gasteiger partial charge in [0.25, 0.3) is 0 Å². The zero-order chi connectivity index (χ0) is 17.0. The van der Waals surface area contributed by atoms with Gasteiger partial charge in [-0.05, 0) is 32.6 Å². The molecule has 6 heteroatoms. The van der Waals surface area contributed by atoms with E-state index in [4.69, 9.17) is 9.57 Å². The van der Waals surface area contributed by atoms with Crippen molar-refractivity contribution >= 4 is 11.7 Å². The van der Waals surface area contributed by atoms with Crippen LogP contribution in [-0.2, 0) is 20.9 Å². The Kier molecular flexibility index (Phi) is 8.35. The number of carbonyl (C=O) groups excluding carboxylic acids is 1. The van der Waals surface area contributed by atoms with Gasteiger partial charge in [0, 0.05) is 24.7 Å². The first-order valence-corrected chi connectivity index (χ1v) is 9.09. The van der Waals surface area contributed by atoms with Crippen LogP contribution in [0.4, 0.5) is 0 Å². The van der Waals surface area contributed by atoms with Gasteiger partial charge < -0.3 is 14.1 Å². The van der Waals surface area contributed by atoms with Gasteiger partial charge >= 0.3 is 5.97 Å². The quantitative estimate of drug-likeness (QED) is 0.284. The third-order valence-corrected chi connectivity index (χ3v) is 4.33. The Morgan fingerprint density at radius 1 is 1.29 bits per heavy atom. The summed E-state index contributed by atoms with van der Waals surface area (Å²) in [6, 6.07) is 0. The molecule has 1 aromatic heterocycles. The molecule has 1 aliphatic carbocycles. The monoisotopic (exact) mass is 335 g/mol. The molecule has 2 rings (SSSR count). The Morgan fingerprint density at radius 2 is 2.12 bits per heavy atom. The molecule has 1 fully saturated rings. The SMILES string of the molecule is CCOC(=O)CCCCO/N=C(/Cn1ccnc1)C1CCCCC1. The van der Waals surface area contributed by atoms with Gasteiger partial charge in [-0.1, -0.05) is 24.4 Å². The van der Waals surface area contributed by atoms with Crippen LogP contribution in [0.2, 0.25) is 0 Å². The number of imidazole rings is 1. The molecule has 0 unspecified atom stereocenters. The molecule has 24 heavy (non-hydrogen) atoms. The first-order valence-electron chi connectivity index (χ1n) is 9.09. The minimum absolute atomic E-state index is 0.135. The fraction of sp³-hybridized carbons (Fsp3) is 0.722. The van der Waals surface area contributed by atoms with Gasteiger partial charge in [-0.3, -0.25) is 4.79 Å². The van der Waals surface area contributed by atoms with E-state index in [0.29, 0.717) is 25.6 Å². The second-order valence-electron chi connectivity index (χ2n) is 6.25. The lowest BCUT2D eigenvalue weighted by molar-refractivity contribution is -0.143. The van der Waals surface area contributed by atoms with E-state index >= 15 is 0 Å². The van der Waals surface area contributed by atoms with Crippen molar-refractivity contribution < 1.29 is 14.4 Å². The smallest absolute Gasteiger partial charge is 0.305 e. The van der Waals surface area contributed by atoms with Gasteiger partial charge in [0.05, 0.1) is 25.2 Å². The van der Waals surface area contributed by atoms with Crippen molar-refractivity contribution in [2.45, 2.75) is 64.8 Å². The Bertz CT molecular complexity index is 494. The van der Waals surface area contributed by atoms with E-state index in [-0.39, 0.29) is 5.97 Å². The van der Waals surface area contributed by atoms with Crippen molar-refractivity contribution in [2.75, 3.05) is 13.2 Å². The first kappa shape index (κ1) is 18.5. The molecule has 0 aromatic carbocycles. The molecule has 1 aromatic rings. The van der Waals surface area contributed by atoms with Crippen molar-refractivity contribution in [1.29, 1.82) is 0 Å². The van der Waals surface area contributed by atoms with Gasteiger partial charge in [0.1, 0.15) is 6.61 Å². The number of oxime groups is 1. The zero-order valence-corrected chi connectivity index (χ0v) is 14.7. The molecule has 1 aliphatic rings. The number of unbranched alkanes of at least 4 members (excludes halogenated alkanes) is 1. The molecule has 0 spiro atoms. The minimum atomic E-state index is -0.135. The molecular formula is C18H29N3O3. The molecule has 0 bridgehead atoms. The molecule has 0 atom stereocenters. The van der Waals surface area contributed by atoms with Crippen LogP contribution >= 0.6 is 0 Å². The molecular weight excluding hydrogens is 306 g/mol. The second kappa shape index (κ2) is 10.8. The molecule has 134 valence electrons. The summed E-state index contributed by atoms with van der Waals surface area (Å²) in [7, 11) is 0. The van der Waals surface area contributed by atoms with Crippen LogP contribution in [0.5, 0.6) is 0 Å². The highest BCUT2D eigenvalue weighted by molar-refractivity contribution is 5.86. The van der Waals surface area contributed by atoms with Crippen molar-refractivity contribution in [3.63, 3.8) is 0 Å². The fourth-order valence-electron chi connectivity index (χ4n) is 3.03. The topological polar surface area (TPSA) is 65.7 Å². The van der Waals surface area contributed by atoms with Crippen LogP contribution in [-0.4, -0.2) is 34.4 Å². The van der Waals surface area contributed by atoms with E-state index in [2.05, 4.69) is 10.1 Å². The molecule has 0 aliphatic heterocycles. The number of nitrogens with zero attached hydrogens (tertiary/aromatic N) is 3. The summed E-state index contributed by atoms with van der Waals surface area (Å²) in [6.45, 7) is 3.55. The standard InChI is InChI=1S/C18H29N3O3/c1-2-23-18(22)10-6-7-13-24-20-17(14-21-12-11-19-15-21)16-8-4-3-5-9-16/h11-12,15-16H,2-10,13-14H2,1H3/b20-17-. The van der Waals surface area contributed by atoms with E-state index in [9.17, 15) is 4.79 Å². The summed E-state index contributed by atoms with van der Waals surface area (Å²) in [5, 5.41) is 4.43. The molecule has 0 amide bonds. The lowest BCUT2D eigenvalue weighted by Gasteiger charge is -2.23. The number of hydrogen-bond acceptors (Lipinski definition) is 5. The average Bonchev–Trinajstić information content (AvgIpc) is 3.11. The van der Waals surface area contributed by atoms with Gasteiger partial charge in [-0.25, -0.2) is 4.98 Å². The maximum atomic E-state index is 11.3. The van der Waals surface area contributed by atoms with Crippen molar-refractivity contribution in [2.24, 2.45) is 11.1 Å². The number of ether oxygens (including phenoxy) is 1. The van der Waals surface area contributed by atoms with Gasteiger partial charge in [-0.15, -0.1) is 0 Å². The van der Waals surface area contributed by atoms with Crippen LogP contribution in [0.3, 0.4) is 0 Å². The van der Waals surface area contributed by atoms with Crippen molar-refractivity contribution in [1.82, 2.24) is 9.55 Å². The summed E-state index contributed by atoms with van der Waals surface area (Å²) in [5.74, 6) is 0.379. The van der Waals surface area contributed by atoms with Crippen molar-refractivity contribution in [3.05, 3.63) is 18.7 Å². The van der Waals surface area contributed by atoms with E-state index in [0.717, 1.165) is 25.1 Å². The molecule has 0 saturated heterocycles. The molecule has 0 radical (unpaired) electrons. The second-order valence-corrected chi connectivity index (χ2v) is 6.25. The summed E-state index contributed by atoms with van der Waals surface area (Å²) < 4.78 is 6.95. The molecule has 6 nitrogen and oxygen atoms in total. The maximum absolute atomic E-state index is 11.3. The van der Waals surface area contributed by atoms with Crippen LogP contribution < -0.4 is 0 Å². The summed E-state index contributed by atoms with van der Waals surface area (Å²) in [6.07, 6.45) is 13.8. The highest BCUT2D eigenvalue weighted by Crippen LogP contribution is 2.25. The molecule has 1 heterocycles. The number of esters is 1. The Hall–Kier alpha value is -1.85. The van der Waals surface area contributed by atoms with E-state index < -0.39 is 0 Å². The molecule has 0 N–H and O–H groups in total. The number of rotatable bonds is 10. The predicted molar refractivity (Wildman–Crippen MR) is 92.7 cm³/mol. The highest BCUT2D eigenvalue weighted by Gasteiger charge is 2.20. The van der Waals surface area contributed by atoms with Crippen LogP contribution in [0.1, 0.15) is 58.3 Å². The van der Waals surface area contributed by atoms with Gasteiger partial charge in [0.15, 0.2) is 0 Å². The highest BCUT2D eigenvalue weighted by atomic mass is 16.6. The van der Waals surface area contributed by atoms with Crippen LogP contribution in [0.15, 0.2) is 23.9 Å². The Morgan fingerprint density at radius 3 is 2.83 bits per heavy atom. The van der Waals surface area contributed by atoms with Crippen molar-refractivity contribution in [3.8, 4) is 0 Å². The molecule has 1 saturated carbocycles. The Balaban J connectivity index is 1.76. The summed E-state index contributed by atoms with van der Waals surface area (Å²) in [4.78, 5) is 20.9. The third kappa shape index (κ3) is 6.72. The lowest BCUT2D eigenvalue weighted by Crippen LogP contribution is -2.23. The van der Waals surface area contributed by atoms with E-state index in [1.54, 1.807) is 6.20 Å². The number of aromatic nitrogens is 2. The fourth-order valence-corrected chi connectivity index (χ4v) is 3.03. The van der Waals surface area contributed by atoms with E-state index in [1.165, 1.54) is 32.1 Å². The number of hydrogen-bond donors (Lipinski definition) is 0. The largest absolute Gasteiger partial charge is 0.466 e. The lowest BCUT2D eigenvalue weighted by atomic mass is 9.86. The first-order chi connectivity index (χ1) is 11.8. The summed E-state index contributed by atoms with van der Waals surface area (Å²) >= 11 is 0. The predicted octanol–water partition coefficient (Wildman–Crippen LogP) is 3.57. The maximum Gasteiger partial charge on any atom is 0.305 e. The van der Waals surface area contributed by atoms with Crippen LogP contribution in [0.25, 0.3) is 0 Å². The van der Waals surface area contributed by atoms with Crippen LogP contribution in [0, 0.1) is 5.92 Å². The normalized spacial score (nSPS) is 16.1. The third-order valence-electron chi connectivity index (χ3n) is 4.33. The Labute approximate surface area is 144 Å². The van der Waals surface area contributed by atoms with E-state index in [1.807, 2.05) is 24.0 Å².